The fraction of sp³-hybridized carbons (Fsp3) is 0.526. The van der Waals surface area contributed by atoms with Gasteiger partial charge in [-0.15, -0.1) is 0 Å². The predicted octanol–water partition coefficient (Wildman–Crippen LogP) is 3.35. The molecule has 2 aromatic rings. The van der Waals surface area contributed by atoms with Crippen molar-refractivity contribution >= 4 is 5.96 Å². The average Bonchev–Trinajstić information content (AvgIpc) is 3.14. The van der Waals surface area contributed by atoms with Gasteiger partial charge in [-0.25, -0.2) is 9.98 Å². The van der Waals surface area contributed by atoms with Gasteiger partial charge in [0.25, 0.3) is 0 Å². The standard InChI is InChI=1S/C19H30N6/c1-4-20-19(21-11-6-5-8-15(2)3)22-13-16-9-7-10-17(12-16)18-23-14-24-25-18/h7,9-10,12,14-15H,4-6,8,11,13H2,1-3H3,(H2,20,21,22)(H,23,24,25). The Hall–Kier alpha value is -2.37. The first-order chi connectivity index (χ1) is 12.2. The molecular formula is C19H30N6. The van der Waals surface area contributed by atoms with Gasteiger partial charge in [0.15, 0.2) is 11.8 Å². The van der Waals surface area contributed by atoms with Crippen molar-refractivity contribution in [3.05, 3.63) is 36.2 Å². The molecule has 0 saturated carbocycles. The summed E-state index contributed by atoms with van der Waals surface area (Å²) >= 11 is 0. The lowest BCUT2D eigenvalue weighted by Gasteiger charge is -2.12. The molecule has 25 heavy (non-hydrogen) atoms. The van der Waals surface area contributed by atoms with Crippen molar-refractivity contribution in [1.29, 1.82) is 0 Å². The summed E-state index contributed by atoms with van der Waals surface area (Å²) in [5.74, 6) is 2.43. The zero-order valence-corrected chi connectivity index (χ0v) is 15.5. The summed E-state index contributed by atoms with van der Waals surface area (Å²) < 4.78 is 0. The molecule has 0 bridgehead atoms. The molecule has 0 fully saturated rings. The van der Waals surface area contributed by atoms with Crippen LogP contribution in [-0.4, -0.2) is 34.2 Å². The molecule has 1 heterocycles. The summed E-state index contributed by atoms with van der Waals surface area (Å²) in [4.78, 5) is 8.88. The van der Waals surface area contributed by atoms with Gasteiger partial charge in [-0.05, 0) is 30.9 Å². The monoisotopic (exact) mass is 342 g/mol. The fourth-order valence-electron chi connectivity index (χ4n) is 2.56. The first kappa shape index (κ1) is 19.0. The summed E-state index contributed by atoms with van der Waals surface area (Å²) in [6.07, 6.45) is 5.23. The lowest BCUT2D eigenvalue weighted by atomic mass is 10.1. The molecule has 0 aliphatic heterocycles. The SMILES string of the molecule is CCNC(=NCc1cccc(-c2ncn[nH]2)c1)NCCCCC(C)C. The maximum atomic E-state index is 4.69. The second-order valence-corrected chi connectivity index (χ2v) is 6.55. The normalized spacial score (nSPS) is 11.8. The van der Waals surface area contributed by atoms with Gasteiger partial charge < -0.3 is 10.6 Å². The number of benzene rings is 1. The molecule has 6 nitrogen and oxygen atoms in total. The van der Waals surface area contributed by atoms with E-state index in [-0.39, 0.29) is 0 Å². The maximum Gasteiger partial charge on any atom is 0.191 e. The number of hydrogen-bond donors (Lipinski definition) is 3. The predicted molar refractivity (Wildman–Crippen MR) is 103 cm³/mol. The minimum atomic E-state index is 0.628. The van der Waals surface area contributed by atoms with E-state index in [0.717, 1.165) is 41.9 Å². The molecule has 1 aromatic carbocycles. The zero-order chi connectivity index (χ0) is 17.9. The second kappa shape index (κ2) is 10.5. The average molecular weight is 342 g/mol. The van der Waals surface area contributed by atoms with E-state index in [1.54, 1.807) is 0 Å². The Kier molecular flexibility index (Phi) is 7.95. The molecule has 0 unspecified atom stereocenters. The first-order valence-corrected chi connectivity index (χ1v) is 9.16. The molecule has 0 spiro atoms. The Morgan fingerprint density at radius 2 is 2.12 bits per heavy atom. The van der Waals surface area contributed by atoms with Crippen LogP contribution in [0, 0.1) is 5.92 Å². The smallest absolute Gasteiger partial charge is 0.191 e. The van der Waals surface area contributed by atoms with E-state index >= 15 is 0 Å². The molecule has 3 N–H and O–H groups in total. The summed E-state index contributed by atoms with van der Waals surface area (Å²) in [5.41, 5.74) is 2.17. The van der Waals surface area contributed by atoms with E-state index < -0.39 is 0 Å². The van der Waals surface area contributed by atoms with E-state index in [1.807, 2.05) is 12.1 Å². The van der Waals surface area contributed by atoms with Gasteiger partial charge in [-0.1, -0.05) is 44.9 Å². The maximum absolute atomic E-state index is 4.69. The third-order valence-electron chi connectivity index (χ3n) is 3.88. The van der Waals surface area contributed by atoms with E-state index in [4.69, 9.17) is 0 Å². The van der Waals surface area contributed by atoms with Crippen molar-refractivity contribution in [2.24, 2.45) is 10.9 Å². The summed E-state index contributed by atoms with van der Waals surface area (Å²) in [6.45, 7) is 9.06. The number of rotatable bonds is 9. The van der Waals surface area contributed by atoms with Gasteiger partial charge in [0, 0.05) is 18.7 Å². The zero-order valence-electron chi connectivity index (χ0n) is 15.5. The highest BCUT2D eigenvalue weighted by molar-refractivity contribution is 5.79. The molecule has 136 valence electrons. The third-order valence-corrected chi connectivity index (χ3v) is 3.88. The molecular weight excluding hydrogens is 312 g/mol. The van der Waals surface area contributed by atoms with Gasteiger partial charge in [-0.2, -0.15) is 5.10 Å². The number of aliphatic imine (C=N–C) groups is 1. The molecule has 0 atom stereocenters. The summed E-state index contributed by atoms with van der Waals surface area (Å²) in [5, 5.41) is 13.5. The van der Waals surface area contributed by atoms with Crippen LogP contribution in [0.25, 0.3) is 11.4 Å². The van der Waals surface area contributed by atoms with Crippen LogP contribution in [-0.2, 0) is 6.54 Å². The first-order valence-electron chi connectivity index (χ1n) is 9.16. The number of aromatic amines is 1. The van der Waals surface area contributed by atoms with Crippen LogP contribution >= 0.6 is 0 Å². The van der Waals surface area contributed by atoms with Gasteiger partial charge >= 0.3 is 0 Å². The molecule has 0 aliphatic rings. The molecule has 6 heteroatoms. The van der Waals surface area contributed by atoms with Crippen molar-refractivity contribution in [2.75, 3.05) is 13.1 Å². The minimum absolute atomic E-state index is 0.628. The van der Waals surface area contributed by atoms with Crippen LogP contribution in [0.15, 0.2) is 35.6 Å². The van der Waals surface area contributed by atoms with E-state index in [0.29, 0.717) is 6.54 Å². The number of guanidine groups is 1. The fourth-order valence-corrected chi connectivity index (χ4v) is 2.56. The van der Waals surface area contributed by atoms with Crippen LogP contribution in [0.3, 0.4) is 0 Å². The highest BCUT2D eigenvalue weighted by atomic mass is 15.2. The number of H-pyrrole nitrogens is 1. The summed E-state index contributed by atoms with van der Waals surface area (Å²) in [6, 6.07) is 8.21. The quantitative estimate of drug-likeness (QED) is 0.371. The van der Waals surface area contributed by atoms with Gasteiger partial charge in [0.2, 0.25) is 0 Å². The number of nitrogens with zero attached hydrogens (tertiary/aromatic N) is 3. The second-order valence-electron chi connectivity index (χ2n) is 6.55. The van der Waals surface area contributed by atoms with Crippen molar-refractivity contribution in [2.45, 2.75) is 46.6 Å². The molecule has 0 radical (unpaired) electrons. The van der Waals surface area contributed by atoms with Crippen LogP contribution < -0.4 is 10.6 Å². The number of nitrogens with one attached hydrogen (secondary N) is 3. The Labute approximate surface area is 150 Å². The van der Waals surface area contributed by atoms with E-state index in [2.05, 4.69) is 63.7 Å². The lowest BCUT2D eigenvalue weighted by Crippen LogP contribution is -2.37. The molecule has 1 aromatic heterocycles. The number of unbranched alkanes of at least 4 members (excludes halogenated alkanes) is 1. The Morgan fingerprint density at radius 3 is 2.84 bits per heavy atom. The number of aromatic nitrogens is 3. The van der Waals surface area contributed by atoms with Gasteiger partial charge in [0.05, 0.1) is 6.54 Å². The Bertz CT molecular complexity index is 633. The van der Waals surface area contributed by atoms with Crippen molar-refractivity contribution in [3.63, 3.8) is 0 Å². The van der Waals surface area contributed by atoms with E-state index in [1.165, 1.54) is 25.6 Å². The van der Waals surface area contributed by atoms with Crippen LogP contribution in [0.5, 0.6) is 0 Å². The van der Waals surface area contributed by atoms with Gasteiger partial charge in [0.1, 0.15) is 6.33 Å². The molecule has 0 saturated heterocycles. The largest absolute Gasteiger partial charge is 0.357 e. The van der Waals surface area contributed by atoms with Crippen molar-refractivity contribution in [3.8, 4) is 11.4 Å². The van der Waals surface area contributed by atoms with Crippen LogP contribution in [0.2, 0.25) is 0 Å². The molecule has 0 aliphatic carbocycles. The third kappa shape index (κ3) is 6.95. The highest BCUT2D eigenvalue weighted by Crippen LogP contribution is 2.15. The van der Waals surface area contributed by atoms with Crippen molar-refractivity contribution in [1.82, 2.24) is 25.8 Å². The topological polar surface area (TPSA) is 78.0 Å². The van der Waals surface area contributed by atoms with E-state index in [9.17, 15) is 0 Å². The summed E-state index contributed by atoms with van der Waals surface area (Å²) in [7, 11) is 0. The molecule has 2 rings (SSSR count). The Balaban J connectivity index is 1.88. The highest BCUT2D eigenvalue weighted by Gasteiger charge is 2.02. The van der Waals surface area contributed by atoms with Crippen LogP contribution in [0.4, 0.5) is 0 Å². The van der Waals surface area contributed by atoms with Crippen LogP contribution in [0.1, 0.15) is 45.6 Å². The molecule has 0 amide bonds. The Morgan fingerprint density at radius 1 is 1.24 bits per heavy atom. The minimum Gasteiger partial charge on any atom is -0.357 e. The van der Waals surface area contributed by atoms with Gasteiger partial charge in [-0.3, -0.25) is 5.10 Å². The lowest BCUT2D eigenvalue weighted by molar-refractivity contribution is 0.534. The number of hydrogen-bond acceptors (Lipinski definition) is 3. The van der Waals surface area contributed by atoms with Crippen molar-refractivity contribution < 1.29 is 0 Å².